The number of carbonyl (C=O) groups excluding carboxylic acids is 2. The maximum Gasteiger partial charge on any atom is 0.232 e. The molecule has 0 radical (unpaired) electrons. The number of rotatable bonds is 4. The van der Waals surface area contributed by atoms with E-state index < -0.39 is 0 Å². The van der Waals surface area contributed by atoms with Crippen LogP contribution in [0.2, 0.25) is 0 Å². The lowest BCUT2D eigenvalue weighted by molar-refractivity contribution is -0.124. The van der Waals surface area contributed by atoms with Crippen LogP contribution in [0, 0.1) is 5.92 Å². The molecule has 0 saturated carbocycles. The van der Waals surface area contributed by atoms with Gasteiger partial charge in [0.2, 0.25) is 11.8 Å². The summed E-state index contributed by atoms with van der Waals surface area (Å²) in [7, 11) is 0. The highest BCUT2D eigenvalue weighted by atomic mass is 16.2. The van der Waals surface area contributed by atoms with E-state index in [4.69, 9.17) is 5.73 Å². The van der Waals surface area contributed by atoms with Crippen molar-refractivity contribution in [3.8, 4) is 0 Å². The van der Waals surface area contributed by atoms with Gasteiger partial charge in [-0.1, -0.05) is 24.3 Å². The normalized spacial score (nSPS) is 22.9. The van der Waals surface area contributed by atoms with E-state index in [1.54, 1.807) is 4.90 Å². The molecule has 0 spiro atoms. The number of nitrogens with two attached hydrogens (primary N) is 1. The predicted molar refractivity (Wildman–Crippen MR) is 114 cm³/mol. The number of fused-ring (bicyclic) bond motifs is 2. The van der Waals surface area contributed by atoms with E-state index in [-0.39, 0.29) is 30.1 Å². The zero-order chi connectivity index (χ0) is 20.0. The van der Waals surface area contributed by atoms with E-state index in [0.29, 0.717) is 19.6 Å². The van der Waals surface area contributed by atoms with Crippen LogP contribution in [0.1, 0.15) is 41.9 Å². The Balaban J connectivity index is 1.36. The minimum Gasteiger partial charge on any atom is -0.330 e. The molecular weight excluding hydrogens is 362 g/mol. The summed E-state index contributed by atoms with van der Waals surface area (Å²) in [6, 6.07) is 14.4. The molecule has 2 aromatic carbocycles. The maximum atomic E-state index is 13.4. The first-order chi connectivity index (χ1) is 14.2. The second kappa shape index (κ2) is 7.30. The lowest BCUT2D eigenvalue weighted by Crippen LogP contribution is -2.37. The van der Waals surface area contributed by atoms with Gasteiger partial charge in [0.1, 0.15) is 0 Å². The molecule has 5 heteroatoms. The summed E-state index contributed by atoms with van der Waals surface area (Å²) in [5.41, 5.74) is 11.7. The summed E-state index contributed by atoms with van der Waals surface area (Å²) >= 11 is 0. The Morgan fingerprint density at radius 2 is 1.90 bits per heavy atom. The maximum absolute atomic E-state index is 13.4. The summed E-state index contributed by atoms with van der Waals surface area (Å²) in [5.74, 6) is 0.103. The third-order valence-corrected chi connectivity index (χ3v) is 6.72. The van der Waals surface area contributed by atoms with E-state index in [0.717, 1.165) is 30.6 Å². The zero-order valence-corrected chi connectivity index (χ0v) is 16.6. The molecule has 1 aliphatic carbocycles. The van der Waals surface area contributed by atoms with Crippen molar-refractivity contribution in [1.29, 1.82) is 0 Å². The van der Waals surface area contributed by atoms with Crippen LogP contribution in [-0.2, 0) is 22.4 Å². The zero-order valence-electron chi connectivity index (χ0n) is 16.6. The number of hydrogen-bond acceptors (Lipinski definition) is 3. The number of hydrogen-bond donors (Lipinski definition) is 1. The molecule has 1 saturated heterocycles. The minimum absolute atomic E-state index is 0.0484. The third kappa shape index (κ3) is 3.14. The molecule has 2 amide bonds. The molecule has 5 rings (SSSR count). The van der Waals surface area contributed by atoms with Gasteiger partial charge in [0.05, 0.1) is 5.92 Å². The molecule has 150 valence electrons. The number of anilines is 2. The molecule has 2 aliphatic heterocycles. The summed E-state index contributed by atoms with van der Waals surface area (Å²) in [6.07, 6.45) is 4.55. The van der Waals surface area contributed by atoms with Crippen LogP contribution in [0.15, 0.2) is 42.5 Å². The van der Waals surface area contributed by atoms with Gasteiger partial charge in [-0.15, -0.1) is 0 Å². The highest BCUT2D eigenvalue weighted by Gasteiger charge is 2.41. The van der Waals surface area contributed by atoms with Crippen molar-refractivity contribution >= 4 is 23.2 Å². The highest BCUT2D eigenvalue weighted by molar-refractivity contribution is 6.05. The van der Waals surface area contributed by atoms with Crippen molar-refractivity contribution in [2.24, 2.45) is 11.7 Å². The van der Waals surface area contributed by atoms with Gasteiger partial charge in [-0.25, -0.2) is 0 Å². The van der Waals surface area contributed by atoms with Gasteiger partial charge in [0, 0.05) is 36.8 Å². The second-order valence-electron chi connectivity index (χ2n) is 8.49. The smallest absolute Gasteiger partial charge is 0.232 e. The van der Waals surface area contributed by atoms with Crippen LogP contribution in [0.4, 0.5) is 11.4 Å². The Morgan fingerprint density at radius 3 is 2.76 bits per heavy atom. The van der Waals surface area contributed by atoms with E-state index in [9.17, 15) is 9.59 Å². The number of nitrogens with zero attached hydrogens (tertiary/aromatic N) is 2. The number of carbonyl (C=O) groups is 2. The van der Waals surface area contributed by atoms with Gasteiger partial charge >= 0.3 is 0 Å². The summed E-state index contributed by atoms with van der Waals surface area (Å²) in [6.45, 7) is 1.74. The van der Waals surface area contributed by atoms with Crippen LogP contribution in [0.3, 0.4) is 0 Å². The molecule has 2 atom stereocenters. The van der Waals surface area contributed by atoms with Crippen LogP contribution in [0.5, 0.6) is 0 Å². The van der Waals surface area contributed by atoms with E-state index in [1.807, 2.05) is 29.2 Å². The first kappa shape index (κ1) is 18.4. The monoisotopic (exact) mass is 389 g/mol. The number of amides is 2. The van der Waals surface area contributed by atoms with Crippen LogP contribution < -0.4 is 15.5 Å². The summed E-state index contributed by atoms with van der Waals surface area (Å²) in [5, 5.41) is 0. The fourth-order valence-electron chi connectivity index (χ4n) is 5.22. The molecule has 0 aromatic heterocycles. The largest absolute Gasteiger partial charge is 0.330 e. The van der Waals surface area contributed by atoms with Crippen LogP contribution in [-0.4, -0.2) is 31.4 Å². The Hall–Kier alpha value is -2.66. The van der Waals surface area contributed by atoms with Gasteiger partial charge in [0.15, 0.2) is 0 Å². The SMILES string of the molecule is NCCC1CN(C(=O)C2CC(=O)N(c3ccc4c(c3)CCC4)C2)c2ccccc21. The van der Waals surface area contributed by atoms with Gasteiger partial charge in [-0.05, 0) is 67.1 Å². The van der Waals surface area contributed by atoms with Gasteiger partial charge in [-0.3, -0.25) is 9.59 Å². The highest BCUT2D eigenvalue weighted by Crippen LogP contribution is 2.39. The van der Waals surface area contributed by atoms with Crippen molar-refractivity contribution in [2.75, 3.05) is 29.4 Å². The Bertz CT molecular complexity index is 970. The van der Waals surface area contributed by atoms with Crippen LogP contribution in [0.25, 0.3) is 0 Å². The van der Waals surface area contributed by atoms with E-state index >= 15 is 0 Å². The molecule has 1 fully saturated rings. The first-order valence-electron chi connectivity index (χ1n) is 10.7. The molecular formula is C24H27N3O2. The molecule has 2 N–H and O–H groups in total. The predicted octanol–water partition coefficient (Wildman–Crippen LogP) is 3.01. The fraction of sp³-hybridized carbons (Fsp3) is 0.417. The number of benzene rings is 2. The quantitative estimate of drug-likeness (QED) is 0.874. The molecule has 2 heterocycles. The van der Waals surface area contributed by atoms with Crippen molar-refractivity contribution in [1.82, 2.24) is 0 Å². The molecule has 29 heavy (non-hydrogen) atoms. The fourth-order valence-corrected chi connectivity index (χ4v) is 5.22. The van der Waals surface area contributed by atoms with Crippen molar-refractivity contribution in [2.45, 2.75) is 38.0 Å². The number of aryl methyl sites for hydroxylation is 2. The van der Waals surface area contributed by atoms with Crippen molar-refractivity contribution in [3.63, 3.8) is 0 Å². The van der Waals surface area contributed by atoms with E-state index in [2.05, 4.69) is 18.2 Å². The Kier molecular flexibility index (Phi) is 4.63. The summed E-state index contributed by atoms with van der Waals surface area (Å²) in [4.78, 5) is 29.8. The van der Waals surface area contributed by atoms with Crippen molar-refractivity contribution in [3.05, 3.63) is 59.2 Å². The van der Waals surface area contributed by atoms with Gasteiger partial charge in [0.25, 0.3) is 0 Å². The Morgan fingerprint density at radius 1 is 1.07 bits per heavy atom. The average molecular weight is 389 g/mol. The molecule has 2 aromatic rings. The van der Waals surface area contributed by atoms with Gasteiger partial charge in [-0.2, -0.15) is 0 Å². The van der Waals surface area contributed by atoms with E-state index in [1.165, 1.54) is 23.1 Å². The lowest BCUT2D eigenvalue weighted by atomic mass is 9.98. The molecule has 5 nitrogen and oxygen atoms in total. The van der Waals surface area contributed by atoms with Gasteiger partial charge < -0.3 is 15.5 Å². The Labute approximate surface area is 171 Å². The lowest BCUT2D eigenvalue weighted by Gasteiger charge is -2.22. The number of para-hydroxylation sites is 1. The topological polar surface area (TPSA) is 66.6 Å². The second-order valence-corrected chi connectivity index (χ2v) is 8.49. The molecule has 0 bridgehead atoms. The average Bonchev–Trinajstić information content (AvgIpc) is 3.44. The first-order valence-corrected chi connectivity index (χ1v) is 10.7. The third-order valence-electron chi connectivity index (χ3n) is 6.72. The minimum atomic E-state index is -0.291. The molecule has 2 unspecified atom stereocenters. The molecule has 3 aliphatic rings. The van der Waals surface area contributed by atoms with Crippen LogP contribution >= 0.6 is 0 Å². The standard InChI is InChI=1S/C24H27N3O2/c25-11-10-18-14-27(22-7-2-1-6-21(18)22)24(29)19-13-23(28)26(15-19)20-9-8-16-4-3-5-17(16)12-20/h1-2,6-9,12,18-19H,3-5,10-11,13-15,25H2. The van der Waals surface area contributed by atoms with Crippen molar-refractivity contribution < 1.29 is 9.59 Å². The summed E-state index contributed by atoms with van der Waals surface area (Å²) < 4.78 is 0.